The highest BCUT2D eigenvalue weighted by Crippen LogP contribution is 2.24. The van der Waals surface area contributed by atoms with Gasteiger partial charge in [0.25, 0.3) is 0 Å². The van der Waals surface area contributed by atoms with Crippen LogP contribution >= 0.6 is 0 Å². The number of unbranched alkanes of at least 4 members (excludes halogenated alkanes) is 1. The minimum atomic E-state index is -0.304. The Hall–Kier alpha value is -1.51. The van der Waals surface area contributed by atoms with Gasteiger partial charge in [-0.25, -0.2) is 4.79 Å². The maximum Gasteiger partial charge on any atom is 0.338 e. The topological polar surface area (TPSA) is 46.5 Å². The van der Waals surface area contributed by atoms with Gasteiger partial charge in [-0.15, -0.1) is 0 Å². The number of ether oxygens (including phenoxy) is 1. The van der Waals surface area contributed by atoms with Gasteiger partial charge in [-0.05, 0) is 36.1 Å². The third-order valence-electron chi connectivity index (χ3n) is 2.61. The molecule has 0 atom stereocenters. The van der Waals surface area contributed by atoms with Crippen LogP contribution in [0.4, 0.5) is 0 Å². The van der Waals surface area contributed by atoms with E-state index in [1.165, 1.54) is 6.07 Å². The number of carbonyl (C=O) groups is 1. The van der Waals surface area contributed by atoms with Gasteiger partial charge < -0.3 is 9.84 Å². The zero-order valence-corrected chi connectivity index (χ0v) is 10.7. The molecular formula is C14H20O3. The zero-order valence-electron chi connectivity index (χ0n) is 10.7. The number of hydrogen-bond acceptors (Lipinski definition) is 3. The molecule has 0 heterocycles. The summed E-state index contributed by atoms with van der Waals surface area (Å²) in [7, 11) is 0. The third-order valence-corrected chi connectivity index (χ3v) is 2.61. The number of phenols is 1. The van der Waals surface area contributed by atoms with Gasteiger partial charge in [-0.2, -0.15) is 0 Å². The monoisotopic (exact) mass is 236 g/mol. The molecular weight excluding hydrogens is 216 g/mol. The molecule has 1 aromatic carbocycles. The normalized spacial score (nSPS) is 10.6. The van der Waals surface area contributed by atoms with E-state index in [1.54, 1.807) is 12.1 Å². The van der Waals surface area contributed by atoms with E-state index in [0.29, 0.717) is 12.2 Å². The van der Waals surface area contributed by atoms with Crippen molar-refractivity contribution in [3.05, 3.63) is 29.3 Å². The number of rotatable bonds is 5. The molecule has 0 aliphatic carbocycles. The molecule has 1 N–H and O–H groups in total. The van der Waals surface area contributed by atoms with Crippen LogP contribution < -0.4 is 0 Å². The number of phenolic OH excluding ortho intramolecular Hbond substituents is 1. The zero-order chi connectivity index (χ0) is 12.8. The van der Waals surface area contributed by atoms with Crippen LogP contribution in [0, 0.1) is 0 Å². The Morgan fingerprint density at radius 2 is 2.12 bits per heavy atom. The predicted octanol–water partition coefficient (Wildman–Crippen LogP) is 3.47. The number of benzene rings is 1. The van der Waals surface area contributed by atoms with Gasteiger partial charge in [0.05, 0.1) is 12.2 Å². The van der Waals surface area contributed by atoms with Crippen LogP contribution in [0.2, 0.25) is 0 Å². The summed E-state index contributed by atoms with van der Waals surface area (Å²) in [5, 5.41) is 9.43. The van der Waals surface area contributed by atoms with Gasteiger partial charge in [0.1, 0.15) is 5.75 Å². The van der Waals surface area contributed by atoms with E-state index in [2.05, 4.69) is 0 Å². The molecule has 17 heavy (non-hydrogen) atoms. The molecule has 1 aromatic rings. The second-order valence-electron chi connectivity index (χ2n) is 4.42. The summed E-state index contributed by atoms with van der Waals surface area (Å²) in [4.78, 5) is 11.9. The number of aromatic hydroxyl groups is 1. The Kier molecular flexibility index (Phi) is 5.01. The first kappa shape index (κ1) is 13.6. The maximum absolute atomic E-state index is 11.9. The van der Waals surface area contributed by atoms with Gasteiger partial charge >= 0.3 is 5.97 Å². The fourth-order valence-electron chi connectivity index (χ4n) is 1.60. The van der Waals surface area contributed by atoms with Crippen molar-refractivity contribution in [3.8, 4) is 5.75 Å². The highest BCUT2D eigenvalue weighted by atomic mass is 16.5. The minimum absolute atomic E-state index is 0.177. The quantitative estimate of drug-likeness (QED) is 0.629. The van der Waals surface area contributed by atoms with Crippen molar-refractivity contribution in [2.75, 3.05) is 6.61 Å². The molecule has 0 aliphatic heterocycles. The molecule has 1 rings (SSSR count). The van der Waals surface area contributed by atoms with Gasteiger partial charge in [0.2, 0.25) is 0 Å². The van der Waals surface area contributed by atoms with Crippen molar-refractivity contribution in [3.63, 3.8) is 0 Å². The van der Waals surface area contributed by atoms with E-state index in [0.717, 1.165) is 18.4 Å². The molecule has 0 saturated heterocycles. The fourth-order valence-corrected chi connectivity index (χ4v) is 1.60. The number of hydrogen-bond donors (Lipinski definition) is 1. The van der Waals surface area contributed by atoms with Crippen LogP contribution in [0.25, 0.3) is 0 Å². The van der Waals surface area contributed by atoms with Crippen LogP contribution in [0.1, 0.15) is 55.5 Å². The van der Waals surface area contributed by atoms with Gasteiger partial charge in [0, 0.05) is 0 Å². The standard InChI is InChI=1S/C14H20O3/c1-4-5-8-17-14(16)12-7-6-11(15)9-13(12)10(2)3/h6-7,9-10,15H,4-5,8H2,1-3H3. The predicted molar refractivity (Wildman–Crippen MR) is 67.4 cm³/mol. The van der Waals surface area contributed by atoms with Crippen LogP contribution in [-0.4, -0.2) is 17.7 Å². The fraction of sp³-hybridized carbons (Fsp3) is 0.500. The van der Waals surface area contributed by atoms with Gasteiger partial charge in [-0.3, -0.25) is 0 Å². The second kappa shape index (κ2) is 6.28. The van der Waals surface area contributed by atoms with Crippen LogP contribution in [0.15, 0.2) is 18.2 Å². The Balaban J connectivity index is 2.85. The van der Waals surface area contributed by atoms with Gasteiger partial charge in [0.15, 0.2) is 0 Å². The number of carbonyl (C=O) groups excluding carboxylic acids is 1. The lowest BCUT2D eigenvalue weighted by molar-refractivity contribution is 0.0498. The first-order chi connectivity index (χ1) is 8.06. The maximum atomic E-state index is 11.9. The van der Waals surface area contributed by atoms with Crippen LogP contribution in [0.3, 0.4) is 0 Å². The molecule has 94 valence electrons. The van der Waals surface area contributed by atoms with Crippen molar-refractivity contribution < 1.29 is 14.6 Å². The van der Waals surface area contributed by atoms with Crippen LogP contribution in [-0.2, 0) is 4.74 Å². The highest BCUT2D eigenvalue weighted by molar-refractivity contribution is 5.91. The lowest BCUT2D eigenvalue weighted by Gasteiger charge is -2.12. The first-order valence-electron chi connectivity index (χ1n) is 6.06. The summed E-state index contributed by atoms with van der Waals surface area (Å²) < 4.78 is 5.18. The van der Waals surface area contributed by atoms with E-state index in [9.17, 15) is 9.90 Å². The van der Waals surface area contributed by atoms with Gasteiger partial charge in [-0.1, -0.05) is 27.2 Å². The summed E-state index contributed by atoms with van der Waals surface area (Å²) in [6, 6.07) is 4.77. The molecule has 0 fully saturated rings. The average molecular weight is 236 g/mol. The Labute approximate surface area is 102 Å². The van der Waals surface area contributed by atoms with E-state index in [-0.39, 0.29) is 17.6 Å². The Bertz CT molecular complexity index is 383. The second-order valence-corrected chi connectivity index (χ2v) is 4.42. The molecule has 0 spiro atoms. The van der Waals surface area contributed by atoms with E-state index in [1.807, 2.05) is 20.8 Å². The molecule has 0 bridgehead atoms. The minimum Gasteiger partial charge on any atom is -0.508 e. The lowest BCUT2D eigenvalue weighted by atomic mass is 9.97. The third kappa shape index (κ3) is 3.77. The van der Waals surface area contributed by atoms with E-state index < -0.39 is 0 Å². The van der Waals surface area contributed by atoms with E-state index >= 15 is 0 Å². The van der Waals surface area contributed by atoms with Crippen molar-refractivity contribution in [2.24, 2.45) is 0 Å². The molecule has 0 amide bonds. The summed E-state index contributed by atoms with van der Waals surface area (Å²) >= 11 is 0. The molecule has 3 heteroatoms. The lowest BCUT2D eigenvalue weighted by Crippen LogP contribution is -2.10. The first-order valence-corrected chi connectivity index (χ1v) is 6.06. The largest absolute Gasteiger partial charge is 0.508 e. The van der Waals surface area contributed by atoms with E-state index in [4.69, 9.17) is 4.74 Å². The molecule has 0 unspecified atom stereocenters. The summed E-state index contributed by atoms with van der Waals surface area (Å²) in [5.41, 5.74) is 1.38. The Morgan fingerprint density at radius 1 is 1.41 bits per heavy atom. The van der Waals surface area contributed by atoms with Crippen molar-refractivity contribution in [1.29, 1.82) is 0 Å². The molecule has 0 aliphatic rings. The smallest absolute Gasteiger partial charge is 0.338 e. The molecule has 0 radical (unpaired) electrons. The number of esters is 1. The van der Waals surface area contributed by atoms with Crippen LogP contribution in [0.5, 0.6) is 5.75 Å². The molecule has 0 aromatic heterocycles. The van der Waals surface area contributed by atoms with Crippen molar-refractivity contribution in [1.82, 2.24) is 0 Å². The van der Waals surface area contributed by atoms with Crippen molar-refractivity contribution >= 4 is 5.97 Å². The summed E-state index contributed by atoms with van der Waals surface area (Å²) in [6.07, 6.45) is 1.88. The SMILES string of the molecule is CCCCOC(=O)c1ccc(O)cc1C(C)C. The Morgan fingerprint density at radius 3 is 2.71 bits per heavy atom. The summed E-state index contributed by atoms with van der Waals surface area (Å²) in [5.74, 6) is 0.0526. The molecule has 3 nitrogen and oxygen atoms in total. The van der Waals surface area contributed by atoms with Crippen molar-refractivity contribution in [2.45, 2.75) is 39.5 Å². The summed E-state index contributed by atoms with van der Waals surface area (Å²) in [6.45, 7) is 6.47. The highest BCUT2D eigenvalue weighted by Gasteiger charge is 2.15. The average Bonchev–Trinajstić information content (AvgIpc) is 2.29. The molecule has 0 saturated carbocycles.